The molecule has 0 radical (unpaired) electrons. The monoisotopic (exact) mass is 642 g/mol. The molecule has 252 valence electrons. The van der Waals surface area contributed by atoms with Gasteiger partial charge in [-0.05, 0) is 61.4 Å². The fourth-order valence-electron chi connectivity index (χ4n) is 6.94. The summed E-state index contributed by atoms with van der Waals surface area (Å²) in [5.41, 5.74) is -0.539. The molecule has 5 nitrogen and oxygen atoms in total. The van der Waals surface area contributed by atoms with Gasteiger partial charge in [-0.1, -0.05) is 83.4 Å². The fourth-order valence-corrected chi connectivity index (χ4v) is 6.94. The molecule has 10 heteroatoms. The van der Waals surface area contributed by atoms with Crippen molar-refractivity contribution in [3.05, 3.63) is 53.6 Å². The lowest BCUT2D eigenvalue weighted by Crippen LogP contribution is -2.49. The minimum Gasteiger partial charge on any atom is -0.508 e. The van der Waals surface area contributed by atoms with E-state index in [4.69, 9.17) is 4.74 Å². The number of carbonyl (C=O) groups is 1. The molecule has 0 spiro atoms. The highest BCUT2D eigenvalue weighted by atomic mass is 19.4. The number of phenolic OH excluding ortho intramolecular Hbond substituents is 2. The predicted octanol–water partition coefficient (Wildman–Crippen LogP) is 10.1. The van der Waals surface area contributed by atoms with E-state index in [9.17, 15) is 42.1 Å². The molecule has 45 heavy (non-hydrogen) atoms. The number of fused-ring (bicyclic) bond motifs is 1. The van der Waals surface area contributed by atoms with Crippen LogP contribution in [0.2, 0.25) is 0 Å². The number of aliphatic carboxylic acids is 1. The molecule has 1 aliphatic rings. The van der Waals surface area contributed by atoms with Crippen molar-refractivity contribution in [2.75, 3.05) is 6.61 Å². The average Bonchev–Trinajstić information content (AvgIpc) is 2.96. The van der Waals surface area contributed by atoms with Crippen molar-refractivity contribution in [2.45, 2.75) is 121 Å². The molecular formula is C35H47F5O5. The Morgan fingerprint density at radius 2 is 1.47 bits per heavy atom. The number of rotatable bonds is 17. The van der Waals surface area contributed by atoms with Gasteiger partial charge in [0.2, 0.25) is 0 Å². The van der Waals surface area contributed by atoms with E-state index in [-0.39, 0.29) is 43.8 Å². The number of hydrogen-bond donors (Lipinski definition) is 3. The Labute approximate surface area is 262 Å². The summed E-state index contributed by atoms with van der Waals surface area (Å²) in [5, 5.41) is 31.0. The van der Waals surface area contributed by atoms with Gasteiger partial charge in [-0.15, -0.1) is 0 Å². The second kappa shape index (κ2) is 15.0. The lowest BCUT2D eigenvalue weighted by molar-refractivity contribution is -0.284. The molecule has 2 aromatic rings. The maximum atomic E-state index is 13.5. The highest BCUT2D eigenvalue weighted by Gasteiger charge is 2.57. The zero-order valence-electron chi connectivity index (χ0n) is 26.4. The van der Waals surface area contributed by atoms with E-state index in [2.05, 4.69) is 6.92 Å². The van der Waals surface area contributed by atoms with Crippen LogP contribution in [0.25, 0.3) is 0 Å². The third kappa shape index (κ3) is 8.61. The number of aromatic hydroxyl groups is 2. The molecule has 3 N–H and O–H groups in total. The number of carboxylic acid groups (broad SMARTS) is 1. The molecule has 3 rings (SSSR count). The first-order chi connectivity index (χ1) is 21.1. The molecule has 4 atom stereocenters. The molecule has 0 amide bonds. The first kappa shape index (κ1) is 36.4. The number of ether oxygens (including phenoxy) is 1. The van der Waals surface area contributed by atoms with Gasteiger partial charge >= 0.3 is 18.1 Å². The normalized spacial score (nSPS) is 20.6. The zero-order chi connectivity index (χ0) is 33.5. The Kier molecular flexibility index (Phi) is 12.2. The zero-order valence-corrected chi connectivity index (χ0v) is 26.4. The summed E-state index contributed by atoms with van der Waals surface area (Å²) >= 11 is 0. The first-order valence-corrected chi connectivity index (χ1v) is 16.0. The van der Waals surface area contributed by atoms with Crippen molar-refractivity contribution in [3.63, 3.8) is 0 Å². The van der Waals surface area contributed by atoms with Gasteiger partial charge in [-0.2, -0.15) is 22.0 Å². The molecule has 1 aliphatic heterocycles. The number of phenols is 2. The summed E-state index contributed by atoms with van der Waals surface area (Å²) in [4.78, 5) is 13.2. The minimum atomic E-state index is -5.62. The van der Waals surface area contributed by atoms with E-state index in [0.717, 1.165) is 49.7 Å². The Morgan fingerprint density at radius 1 is 0.889 bits per heavy atom. The van der Waals surface area contributed by atoms with Gasteiger partial charge in [-0.3, -0.25) is 4.79 Å². The van der Waals surface area contributed by atoms with Crippen molar-refractivity contribution in [1.29, 1.82) is 0 Å². The third-order valence-electron chi connectivity index (χ3n) is 9.75. The molecule has 0 fully saturated rings. The topological polar surface area (TPSA) is 87.0 Å². The van der Waals surface area contributed by atoms with Crippen LogP contribution in [0.3, 0.4) is 0 Å². The summed E-state index contributed by atoms with van der Waals surface area (Å²) < 4.78 is 71.2. The van der Waals surface area contributed by atoms with Crippen LogP contribution in [0.15, 0.2) is 42.5 Å². The number of benzene rings is 2. The van der Waals surface area contributed by atoms with Crippen LogP contribution in [0.1, 0.15) is 115 Å². The first-order valence-electron chi connectivity index (χ1n) is 16.0. The SMILES string of the molecule is CCCCCCCCC(C1c2ccc(O)cc2OCC1(C)c1ccc(O)cc1)C(C)(CCCCCC(F)(F)C(F)(F)F)C(=O)O. The fraction of sp³-hybridized carbons (Fsp3) is 0.629. The Morgan fingerprint density at radius 3 is 2.09 bits per heavy atom. The van der Waals surface area contributed by atoms with Gasteiger partial charge in [0.15, 0.2) is 0 Å². The van der Waals surface area contributed by atoms with Crippen molar-refractivity contribution in [2.24, 2.45) is 11.3 Å². The van der Waals surface area contributed by atoms with Gasteiger partial charge in [0.1, 0.15) is 17.2 Å². The van der Waals surface area contributed by atoms with Crippen molar-refractivity contribution in [3.8, 4) is 17.2 Å². The third-order valence-corrected chi connectivity index (χ3v) is 9.75. The summed E-state index contributed by atoms with van der Waals surface area (Å²) in [7, 11) is 0. The van der Waals surface area contributed by atoms with Crippen molar-refractivity contribution in [1.82, 2.24) is 0 Å². The van der Waals surface area contributed by atoms with Crippen LogP contribution in [0.4, 0.5) is 22.0 Å². The highest BCUT2D eigenvalue weighted by molar-refractivity contribution is 5.75. The van der Waals surface area contributed by atoms with Crippen molar-refractivity contribution < 1.29 is 46.8 Å². The maximum absolute atomic E-state index is 13.5. The standard InChI is InChI=1S/C35H47F5O5/c1-4-5-6-7-8-10-13-28(32(2,31(43)44)20-11-9-12-21-34(36,37)35(38,39)40)30-27-19-18-26(42)22-29(27)45-23-33(30,3)24-14-16-25(41)17-15-24/h14-19,22,28,30,41-42H,4-13,20-21,23H2,1-3H3,(H,43,44). The van der Waals surface area contributed by atoms with Crippen LogP contribution in [0.5, 0.6) is 17.2 Å². The number of unbranched alkanes of at least 4 members (excludes halogenated alkanes) is 7. The average molecular weight is 643 g/mol. The van der Waals surface area contributed by atoms with Crippen LogP contribution < -0.4 is 4.74 Å². The van der Waals surface area contributed by atoms with Crippen LogP contribution in [0, 0.1) is 11.3 Å². The molecule has 4 unspecified atom stereocenters. The van der Waals surface area contributed by atoms with Crippen molar-refractivity contribution >= 4 is 5.97 Å². The summed E-state index contributed by atoms with van der Waals surface area (Å²) in [6, 6.07) is 11.5. The molecule has 0 aliphatic carbocycles. The van der Waals surface area contributed by atoms with E-state index >= 15 is 0 Å². The Balaban J connectivity index is 2.01. The highest BCUT2D eigenvalue weighted by Crippen LogP contribution is 2.57. The number of halogens is 5. The smallest absolute Gasteiger partial charge is 0.453 e. The summed E-state index contributed by atoms with van der Waals surface area (Å²) in [6.45, 7) is 5.96. The van der Waals surface area contributed by atoms with E-state index in [1.54, 1.807) is 43.3 Å². The molecule has 1 heterocycles. The van der Waals surface area contributed by atoms with E-state index in [0.29, 0.717) is 12.2 Å². The van der Waals surface area contributed by atoms with Gasteiger partial charge in [-0.25, -0.2) is 0 Å². The number of carboxylic acids is 1. The second-order valence-corrected chi connectivity index (χ2v) is 13.1. The molecule has 0 bridgehead atoms. The predicted molar refractivity (Wildman–Crippen MR) is 163 cm³/mol. The molecule has 0 saturated heterocycles. The lowest BCUT2D eigenvalue weighted by Gasteiger charge is -2.50. The molecular weight excluding hydrogens is 595 g/mol. The van der Waals surface area contributed by atoms with E-state index in [1.165, 1.54) is 6.07 Å². The summed E-state index contributed by atoms with van der Waals surface area (Å²) in [5.74, 6) is -6.21. The minimum absolute atomic E-state index is 0.00451. The Bertz CT molecular complexity index is 1250. The van der Waals surface area contributed by atoms with Gasteiger partial charge in [0, 0.05) is 23.8 Å². The molecule has 2 aromatic carbocycles. The van der Waals surface area contributed by atoms with E-state index in [1.807, 2.05) is 6.92 Å². The largest absolute Gasteiger partial charge is 0.508 e. The van der Waals surface area contributed by atoms with Gasteiger partial charge in [0.05, 0.1) is 12.0 Å². The number of alkyl halides is 5. The summed E-state index contributed by atoms with van der Waals surface area (Å²) in [6.07, 6.45) is -0.555. The molecule has 0 aromatic heterocycles. The van der Waals surface area contributed by atoms with Crippen LogP contribution in [-0.4, -0.2) is 40.0 Å². The second-order valence-electron chi connectivity index (χ2n) is 13.1. The Hall–Kier alpha value is -3.04. The van der Waals surface area contributed by atoms with Crippen LogP contribution in [-0.2, 0) is 10.2 Å². The van der Waals surface area contributed by atoms with E-state index < -0.39 is 47.2 Å². The van der Waals surface area contributed by atoms with Gasteiger partial charge in [0.25, 0.3) is 0 Å². The molecule has 0 saturated carbocycles. The number of hydrogen-bond acceptors (Lipinski definition) is 4. The maximum Gasteiger partial charge on any atom is 0.453 e. The lowest BCUT2D eigenvalue weighted by atomic mass is 9.55. The quantitative estimate of drug-likeness (QED) is 0.118. The van der Waals surface area contributed by atoms with Crippen LogP contribution >= 0.6 is 0 Å². The van der Waals surface area contributed by atoms with Gasteiger partial charge < -0.3 is 20.1 Å².